The fraction of sp³-hybridized carbons (Fsp3) is 0.389. The highest BCUT2D eigenvalue weighted by Crippen LogP contribution is 2.32. The Morgan fingerprint density at radius 1 is 1.25 bits per heavy atom. The van der Waals surface area contributed by atoms with Gasteiger partial charge in [-0.05, 0) is 12.1 Å². The molecule has 3 atom stereocenters. The molecule has 10 nitrogen and oxygen atoms in total. The number of fused-ring (bicyclic) bond motifs is 1. The van der Waals surface area contributed by atoms with Crippen LogP contribution >= 0.6 is 0 Å². The normalized spacial score (nSPS) is 21.9. The van der Waals surface area contributed by atoms with Crippen LogP contribution in [0.1, 0.15) is 12.6 Å². The smallest absolute Gasteiger partial charge is 0.167 e. The number of aliphatic hydroxyl groups excluding tert-OH is 3. The van der Waals surface area contributed by atoms with Crippen LogP contribution in [0.2, 0.25) is 0 Å². The average molecular weight is 387 g/mol. The topological polar surface area (TPSA) is 135 Å². The van der Waals surface area contributed by atoms with Crippen LogP contribution in [0.3, 0.4) is 0 Å². The second-order valence-corrected chi connectivity index (χ2v) is 6.39. The van der Waals surface area contributed by atoms with Gasteiger partial charge in [-0.25, -0.2) is 15.0 Å². The van der Waals surface area contributed by atoms with E-state index in [1.807, 2.05) is 12.1 Å². The third kappa shape index (κ3) is 3.62. The van der Waals surface area contributed by atoms with Crippen LogP contribution in [0.15, 0.2) is 36.9 Å². The summed E-state index contributed by atoms with van der Waals surface area (Å²) in [6, 6.07) is 7.28. The van der Waals surface area contributed by atoms with E-state index < -0.39 is 18.4 Å². The minimum Gasteiger partial charge on any atom is -0.491 e. The molecule has 3 aromatic rings. The quantitative estimate of drug-likeness (QED) is 0.459. The van der Waals surface area contributed by atoms with Gasteiger partial charge in [0.1, 0.15) is 31.0 Å². The molecule has 1 saturated heterocycles. The number of nitrogens with zero attached hydrogens (tertiary/aromatic N) is 4. The first-order valence-corrected chi connectivity index (χ1v) is 8.92. The molecule has 1 fully saturated rings. The molecule has 0 amide bonds. The molecule has 0 bridgehead atoms. The third-order valence-electron chi connectivity index (χ3n) is 4.51. The van der Waals surface area contributed by atoms with Gasteiger partial charge in [0.2, 0.25) is 0 Å². The number of imidazole rings is 1. The minimum absolute atomic E-state index is 0.0588. The van der Waals surface area contributed by atoms with Crippen molar-refractivity contribution >= 4 is 22.7 Å². The summed E-state index contributed by atoms with van der Waals surface area (Å²) in [5.41, 5.74) is 1.86. The molecule has 148 valence electrons. The SMILES string of the molecule is OCCOc1cccc(Nc2ncnc3c2ncn3[C@H]2C[C@H](O)[C@@H](CO)O2)c1. The lowest BCUT2D eigenvalue weighted by Crippen LogP contribution is -2.24. The highest BCUT2D eigenvalue weighted by Gasteiger charge is 2.35. The van der Waals surface area contributed by atoms with Crippen molar-refractivity contribution in [3.05, 3.63) is 36.9 Å². The number of aliphatic hydroxyl groups is 3. The predicted molar refractivity (Wildman–Crippen MR) is 99.2 cm³/mol. The number of aromatic nitrogens is 4. The number of anilines is 2. The molecular weight excluding hydrogens is 366 g/mol. The molecule has 2 aromatic heterocycles. The Labute approximate surface area is 160 Å². The lowest BCUT2D eigenvalue weighted by molar-refractivity contribution is -0.0432. The maximum Gasteiger partial charge on any atom is 0.167 e. The fourth-order valence-electron chi connectivity index (χ4n) is 3.17. The Kier molecular flexibility index (Phi) is 5.35. The zero-order valence-corrected chi connectivity index (χ0v) is 15.0. The molecule has 0 unspecified atom stereocenters. The summed E-state index contributed by atoms with van der Waals surface area (Å²) in [6.07, 6.45) is 1.52. The Morgan fingerprint density at radius 2 is 2.14 bits per heavy atom. The zero-order chi connectivity index (χ0) is 19.5. The predicted octanol–water partition coefficient (Wildman–Crippen LogP) is 0.582. The molecule has 10 heteroatoms. The molecule has 0 spiro atoms. The largest absolute Gasteiger partial charge is 0.491 e. The number of nitrogens with one attached hydrogen (secondary N) is 1. The van der Waals surface area contributed by atoms with Gasteiger partial charge < -0.3 is 30.1 Å². The van der Waals surface area contributed by atoms with E-state index in [1.165, 1.54) is 6.33 Å². The highest BCUT2D eigenvalue weighted by molar-refractivity contribution is 5.85. The number of benzene rings is 1. The molecule has 0 saturated carbocycles. The first kappa shape index (κ1) is 18.6. The minimum atomic E-state index is -0.742. The first-order chi connectivity index (χ1) is 13.7. The van der Waals surface area contributed by atoms with Crippen molar-refractivity contribution in [3.63, 3.8) is 0 Å². The van der Waals surface area contributed by atoms with Gasteiger partial charge in [-0.1, -0.05) is 6.07 Å². The van der Waals surface area contributed by atoms with Gasteiger partial charge in [0, 0.05) is 18.2 Å². The Balaban J connectivity index is 1.59. The lowest BCUT2D eigenvalue weighted by Gasteiger charge is -2.13. The maximum atomic E-state index is 9.98. The Morgan fingerprint density at radius 3 is 2.93 bits per heavy atom. The second-order valence-electron chi connectivity index (χ2n) is 6.39. The van der Waals surface area contributed by atoms with E-state index in [0.717, 1.165) is 5.69 Å². The molecule has 4 N–H and O–H groups in total. The molecule has 1 aromatic carbocycles. The summed E-state index contributed by atoms with van der Waals surface area (Å²) < 4.78 is 12.8. The van der Waals surface area contributed by atoms with Gasteiger partial charge in [0.25, 0.3) is 0 Å². The lowest BCUT2D eigenvalue weighted by atomic mass is 10.2. The van der Waals surface area contributed by atoms with E-state index in [-0.39, 0.29) is 19.8 Å². The van der Waals surface area contributed by atoms with Crippen LogP contribution in [0.5, 0.6) is 5.75 Å². The fourth-order valence-corrected chi connectivity index (χ4v) is 3.17. The first-order valence-electron chi connectivity index (χ1n) is 8.92. The van der Waals surface area contributed by atoms with E-state index in [1.54, 1.807) is 23.0 Å². The summed E-state index contributed by atoms with van der Waals surface area (Å²) >= 11 is 0. The standard InChI is InChI=1S/C18H21N5O5/c24-4-5-27-12-3-1-2-11(6-12)22-17-16-18(20-9-19-17)23(10-21-16)15-7-13(26)14(8-25)28-15/h1-3,6,9-10,13-15,24-26H,4-5,7-8H2,(H,19,20,22)/t13-,14+,15+/m0/s1. The monoisotopic (exact) mass is 387 g/mol. The summed E-state index contributed by atoms with van der Waals surface area (Å²) in [5, 5.41) is 31.3. The van der Waals surface area contributed by atoms with Crippen LogP contribution in [-0.2, 0) is 4.74 Å². The van der Waals surface area contributed by atoms with Crippen molar-refractivity contribution in [2.45, 2.75) is 24.9 Å². The van der Waals surface area contributed by atoms with Crippen LogP contribution in [0.4, 0.5) is 11.5 Å². The van der Waals surface area contributed by atoms with Crippen molar-refractivity contribution in [1.29, 1.82) is 0 Å². The molecule has 1 aliphatic heterocycles. The summed E-state index contributed by atoms with van der Waals surface area (Å²) in [5.74, 6) is 1.14. The van der Waals surface area contributed by atoms with Gasteiger partial charge in [0.05, 0.1) is 25.6 Å². The molecule has 3 heterocycles. The molecule has 4 rings (SSSR count). The summed E-state index contributed by atoms with van der Waals surface area (Å²) in [7, 11) is 0. The Hall–Kier alpha value is -2.79. The highest BCUT2D eigenvalue weighted by atomic mass is 16.5. The Bertz CT molecular complexity index is 949. The van der Waals surface area contributed by atoms with Crippen molar-refractivity contribution < 1.29 is 24.8 Å². The maximum absolute atomic E-state index is 9.98. The molecule has 0 aliphatic carbocycles. The van der Waals surface area contributed by atoms with Crippen molar-refractivity contribution in [3.8, 4) is 5.75 Å². The molecule has 0 radical (unpaired) electrons. The average Bonchev–Trinajstić information content (AvgIpc) is 3.30. The van der Waals surface area contributed by atoms with Gasteiger partial charge in [-0.2, -0.15) is 0 Å². The third-order valence-corrected chi connectivity index (χ3v) is 4.51. The molecule has 1 aliphatic rings. The van der Waals surface area contributed by atoms with E-state index in [9.17, 15) is 10.2 Å². The van der Waals surface area contributed by atoms with E-state index in [4.69, 9.17) is 14.6 Å². The number of hydrogen-bond acceptors (Lipinski definition) is 9. The zero-order valence-electron chi connectivity index (χ0n) is 15.0. The van der Waals surface area contributed by atoms with Gasteiger partial charge in [-0.3, -0.25) is 4.57 Å². The summed E-state index contributed by atoms with van der Waals surface area (Å²) in [6.45, 7) is -0.0921. The van der Waals surface area contributed by atoms with Crippen LogP contribution in [-0.4, -0.2) is 66.9 Å². The number of rotatable bonds is 7. The van der Waals surface area contributed by atoms with Crippen molar-refractivity contribution in [2.75, 3.05) is 25.1 Å². The van der Waals surface area contributed by atoms with E-state index >= 15 is 0 Å². The second kappa shape index (κ2) is 8.07. The van der Waals surface area contributed by atoms with Crippen molar-refractivity contribution in [1.82, 2.24) is 19.5 Å². The van der Waals surface area contributed by atoms with Crippen LogP contribution in [0.25, 0.3) is 11.2 Å². The van der Waals surface area contributed by atoms with E-state index in [0.29, 0.717) is 29.2 Å². The molecule has 28 heavy (non-hydrogen) atoms. The molecular formula is C18H21N5O5. The van der Waals surface area contributed by atoms with Gasteiger partial charge in [0.15, 0.2) is 17.0 Å². The van der Waals surface area contributed by atoms with Gasteiger partial charge >= 0.3 is 0 Å². The number of ether oxygens (including phenoxy) is 2. The van der Waals surface area contributed by atoms with Crippen molar-refractivity contribution in [2.24, 2.45) is 0 Å². The summed E-state index contributed by atoms with van der Waals surface area (Å²) in [4.78, 5) is 13.0. The van der Waals surface area contributed by atoms with Crippen LogP contribution < -0.4 is 10.1 Å². The van der Waals surface area contributed by atoms with E-state index in [2.05, 4.69) is 20.3 Å². The van der Waals surface area contributed by atoms with Gasteiger partial charge in [-0.15, -0.1) is 0 Å². The van der Waals surface area contributed by atoms with Crippen LogP contribution in [0, 0.1) is 0 Å². The number of hydrogen-bond donors (Lipinski definition) is 4.